The summed E-state index contributed by atoms with van der Waals surface area (Å²) in [6.45, 7) is 15.8. The largest absolute Gasteiger partial charge is 0.394 e. The zero-order valence-electron chi connectivity index (χ0n) is 27.9. The summed E-state index contributed by atoms with van der Waals surface area (Å²) in [4.78, 5) is 0. The van der Waals surface area contributed by atoms with Crippen molar-refractivity contribution in [1.29, 1.82) is 0 Å². The number of aliphatic hydroxyl groups is 5. The second kappa shape index (κ2) is 10.8. The van der Waals surface area contributed by atoms with Crippen molar-refractivity contribution in [3.8, 4) is 0 Å². The van der Waals surface area contributed by atoms with Gasteiger partial charge in [0, 0.05) is 16.7 Å². The first kappa shape index (κ1) is 33.1. The molecule has 2 heterocycles. The van der Waals surface area contributed by atoms with Crippen LogP contribution in [0.25, 0.3) is 0 Å². The van der Waals surface area contributed by atoms with Crippen molar-refractivity contribution < 1.29 is 39.7 Å². The molecule has 2 bridgehead atoms. The average Bonchev–Trinajstić information content (AvgIpc) is 3.35. The van der Waals surface area contributed by atoms with E-state index in [9.17, 15) is 25.5 Å². The molecular weight excluding hydrogens is 560 g/mol. The maximum absolute atomic E-state index is 10.7. The van der Waals surface area contributed by atoms with E-state index in [0.717, 1.165) is 32.3 Å². The van der Waals surface area contributed by atoms with Gasteiger partial charge in [-0.2, -0.15) is 0 Å². The maximum atomic E-state index is 10.7. The summed E-state index contributed by atoms with van der Waals surface area (Å²) in [6, 6.07) is 0. The first-order valence-corrected chi connectivity index (χ1v) is 17.2. The molecule has 44 heavy (non-hydrogen) atoms. The zero-order chi connectivity index (χ0) is 32.1. The molecular formula is C36H58O8. The molecule has 250 valence electrons. The molecule has 0 aromatic heterocycles. The average molecular weight is 619 g/mol. The number of hydrogen-bond donors (Lipinski definition) is 5. The molecule has 8 heteroatoms. The van der Waals surface area contributed by atoms with Gasteiger partial charge in [-0.3, -0.25) is 0 Å². The summed E-state index contributed by atoms with van der Waals surface area (Å²) >= 11 is 0. The minimum atomic E-state index is -1.46. The SMILES string of the molecule is C[C@H](C/C=C/C(C)(C)O)[C@H]1CC[C@@]2(C)[C@@H]3C=C[C@]45OCC3(CC[C@]12C)[C@@H]4CC[C@H](O[C@@H]1O[C@H](CO)[C@@H](O)[C@H](O)[C@H]1O)C5(C)C. The minimum absolute atomic E-state index is 0.0767. The quantitative estimate of drug-likeness (QED) is 0.270. The van der Waals surface area contributed by atoms with Crippen LogP contribution in [0.3, 0.4) is 0 Å². The van der Waals surface area contributed by atoms with Gasteiger partial charge in [0.05, 0.1) is 30.5 Å². The van der Waals surface area contributed by atoms with E-state index < -0.39 is 53.9 Å². The summed E-state index contributed by atoms with van der Waals surface area (Å²) in [5.41, 5.74) is -1.24. The van der Waals surface area contributed by atoms with Crippen LogP contribution in [0.1, 0.15) is 93.4 Å². The first-order chi connectivity index (χ1) is 20.5. The Morgan fingerprint density at radius 1 is 0.977 bits per heavy atom. The van der Waals surface area contributed by atoms with Crippen molar-refractivity contribution in [2.24, 2.45) is 45.3 Å². The first-order valence-electron chi connectivity index (χ1n) is 17.2. The van der Waals surface area contributed by atoms with Crippen molar-refractivity contribution in [1.82, 2.24) is 0 Å². The van der Waals surface area contributed by atoms with Crippen LogP contribution in [-0.4, -0.2) is 86.8 Å². The van der Waals surface area contributed by atoms with Gasteiger partial charge in [-0.25, -0.2) is 0 Å². The van der Waals surface area contributed by atoms with Crippen molar-refractivity contribution in [3.63, 3.8) is 0 Å². The van der Waals surface area contributed by atoms with Crippen LogP contribution in [0.2, 0.25) is 0 Å². The monoisotopic (exact) mass is 618 g/mol. The summed E-state index contributed by atoms with van der Waals surface area (Å²) in [5.74, 6) is 1.99. The van der Waals surface area contributed by atoms with Gasteiger partial charge < -0.3 is 39.7 Å². The van der Waals surface area contributed by atoms with Crippen LogP contribution in [0, 0.1) is 45.3 Å². The van der Waals surface area contributed by atoms with Gasteiger partial charge >= 0.3 is 0 Å². The predicted molar refractivity (Wildman–Crippen MR) is 166 cm³/mol. The lowest BCUT2D eigenvalue weighted by Crippen LogP contribution is -2.66. The molecule has 6 aliphatic rings. The Morgan fingerprint density at radius 2 is 1.70 bits per heavy atom. The highest BCUT2D eigenvalue weighted by molar-refractivity contribution is 5.33. The lowest BCUT2D eigenvalue weighted by atomic mass is 9.38. The molecule has 5 fully saturated rings. The van der Waals surface area contributed by atoms with E-state index >= 15 is 0 Å². The van der Waals surface area contributed by atoms with Gasteiger partial charge in [-0.1, -0.05) is 58.9 Å². The maximum Gasteiger partial charge on any atom is 0.186 e. The van der Waals surface area contributed by atoms with E-state index in [1.54, 1.807) is 0 Å². The topological polar surface area (TPSA) is 129 Å². The van der Waals surface area contributed by atoms with Crippen molar-refractivity contribution in [2.75, 3.05) is 13.2 Å². The predicted octanol–water partition coefficient (Wildman–Crippen LogP) is 4.12. The molecule has 0 aromatic rings. The van der Waals surface area contributed by atoms with Crippen LogP contribution >= 0.6 is 0 Å². The molecule has 1 unspecified atom stereocenters. The number of allylic oxidation sites excluding steroid dienone is 2. The Balaban J connectivity index is 1.25. The van der Waals surface area contributed by atoms with Gasteiger partial charge in [0.2, 0.25) is 0 Å². The van der Waals surface area contributed by atoms with E-state index in [4.69, 9.17) is 14.2 Å². The Bertz CT molecular complexity index is 1140. The number of aliphatic hydroxyl groups excluding tert-OH is 4. The van der Waals surface area contributed by atoms with Crippen LogP contribution in [0.5, 0.6) is 0 Å². The molecule has 1 spiro atoms. The number of fused-ring (bicyclic) bond motifs is 2. The van der Waals surface area contributed by atoms with Gasteiger partial charge in [0.25, 0.3) is 0 Å². The molecule has 6 rings (SSSR count). The molecule has 2 saturated heterocycles. The number of ether oxygens (including phenoxy) is 3. The Kier molecular flexibility index (Phi) is 8.15. The molecule has 2 aliphatic heterocycles. The summed E-state index contributed by atoms with van der Waals surface area (Å²) < 4.78 is 19.2. The fourth-order valence-electron chi connectivity index (χ4n) is 11.5. The Morgan fingerprint density at radius 3 is 2.39 bits per heavy atom. The van der Waals surface area contributed by atoms with Crippen LogP contribution in [0.15, 0.2) is 24.3 Å². The fraction of sp³-hybridized carbons (Fsp3) is 0.889. The molecule has 4 aliphatic carbocycles. The van der Waals surface area contributed by atoms with Gasteiger partial charge in [-0.05, 0) is 87.4 Å². The summed E-state index contributed by atoms with van der Waals surface area (Å²) in [5, 5.41) is 51.2. The minimum Gasteiger partial charge on any atom is -0.394 e. The Labute approximate surface area is 263 Å². The smallest absolute Gasteiger partial charge is 0.186 e. The third-order valence-electron chi connectivity index (χ3n) is 14.2. The van der Waals surface area contributed by atoms with Gasteiger partial charge in [0.1, 0.15) is 24.4 Å². The number of hydrogen-bond acceptors (Lipinski definition) is 8. The second-order valence-electron chi connectivity index (χ2n) is 17.1. The molecule has 0 amide bonds. The highest BCUT2D eigenvalue weighted by Crippen LogP contribution is 2.77. The van der Waals surface area contributed by atoms with E-state index in [1.165, 1.54) is 19.3 Å². The van der Waals surface area contributed by atoms with E-state index in [1.807, 2.05) is 19.9 Å². The standard InChI is InChI=1S/C36H58O8/c1-21(9-8-14-31(2,3)41)22-12-15-34(7)24-13-16-36-25(35(24,20-42-36)18-17-33(22,34)6)10-11-26(32(36,4)5)44-30-29(40)28(39)27(38)23(19-37)43-30/h8,13-14,16,21-30,37-41H,9-12,15,17-20H2,1-7H3/b14-8+/t21-,22-,23-,24+,25+,26+,27-,28+,29-,30+,33-,34+,35?,36+/m1/s1. The third-order valence-corrected chi connectivity index (χ3v) is 14.2. The normalized spacial score (nSPS) is 52.0. The van der Waals surface area contributed by atoms with Crippen molar-refractivity contribution in [2.45, 2.75) is 141 Å². The van der Waals surface area contributed by atoms with E-state index in [0.29, 0.717) is 23.7 Å². The molecule has 14 atom stereocenters. The lowest BCUT2D eigenvalue weighted by molar-refractivity contribution is -0.329. The zero-order valence-corrected chi connectivity index (χ0v) is 27.9. The highest BCUT2D eigenvalue weighted by atomic mass is 16.7. The van der Waals surface area contributed by atoms with Crippen LogP contribution in [-0.2, 0) is 14.2 Å². The summed E-state index contributed by atoms with van der Waals surface area (Å²) in [6.07, 6.45) is 9.78. The highest BCUT2D eigenvalue weighted by Gasteiger charge is 2.75. The summed E-state index contributed by atoms with van der Waals surface area (Å²) in [7, 11) is 0. The third kappa shape index (κ3) is 4.52. The number of rotatable bonds is 7. The van der Waals surface area contributed by atoms with Crippen molar-refractivity contribution >= 4 is 0 Å². The molecule has 5 N–H and O–H groups in total. The second-order valence-corrected chi connectivity index (χ2v) is 17.1. The van der Waals surface area contributed by atoms with Gasteiger partial charge in [0.15, 0.2) is 6.29 Å². The van der Waals surface area contributed by atoms with E-state index in [-0.39, 0.29) is 22.3 Å². The lowest BCUT2D eigenvalue weighted by Gasteiger charge is -2.65. The fourth-order valence-corrected chi connectivity index (χ4v) is 11.5. The van der Waals surface area contributed by atoms with Gasteiger partial charge in [-0.15, -0.1) is 0 Å². The van der Waals surface area contributed by atoms with E-state index in [2.05, 4.69) is 52.8 Å². The Hall–Kier alpha value is -0.840. The molecule has 8 nitrogen and oxygen atoms in total. The molecule has 3 saturated carbocycles. The van der Waals surface area contributed by atoms with Crippen LogP contribution < -0.4 is 0 Å². The molecule has 0 radical (unpaired) electrons. The van der Waals surface area contributed by atoms with Crippen LogP contribution in [0.4, 0.5) is 0 Å². The molecule has 0 aromatic carbocycles. The van der Waals surface area contributed by atoms with Crippen molar-refractivity contribution in [3.05, 3.63) is 24.3 Å².